The maximum absolute atomic E-state index is 13.8. The van der Waals surface area contributed by atoms with Gasteiger partial charge in [0.15, 0.2) is 0 Å². The topological polar surface area (TPSA) is 35.6 Å². The minimum atomic E-state index is -0.236. The number of aromatic nitrogens is 4. The lowest BCUT2D eigenvalue weighted by molar-refractivity contribution is 0.532. The SMILES string of the molecule is Cc1cnn(CCn2c(CCl)nc3cc(I)c(F)cc32)c1. The molecule has 3 aromatic rings. The van der Waals surface area contributed by atoms with Crippen LogP contribution in [0, 0.1) is 16.3 Å². The highest BCUT2D eigenvalue weighted by molar-refractivity contribution is 14.1. The molecule has 7 heteroatoms. The molecule has 3 rings (SSSR count). The summed E-state index contributed by atoms with van der Waals surface area (Å²) in [5.74, 6) is 0.808. The van der Waals surface area contributed by atoms with E-state index in [4.69, 9.17) is 11.6 Å². The second-order valence-electron chi connectivity index (χ2n) is 4.85. The van der Waals surface area contributed by atoms with E-state index in [1.54, 1.807) is 6.07 Å². The van der Waals surface area contributed by atoms with Crippen molar-refractivity contribution in [2.75, 3.05) is 0 Å². The van der Waals surface area contributed by atoms with Gasteiger partial charge in [-0.15, -0.1) is 11.6 Å². The third-order valence-electron chi connectivity index (χ3n) is 3.30. The van der Waals surface area contributed by atoms with Crippen LogP contribution in [0.3, 0.4) is 0 Å². The molecule has 110 valence electrons. The van der Waals surface area contributed by atoms with Crippen LogP contribution in [0.1, 0.15) is 11.4 Å². The van der Waals surface area contributed by atoms with Gasteiger partial charge in [0.05, 0.1) is 33.2 Å². The number of hydrogen-bond donors (Lipinski definition) is 0. The van der Waals surface area contributed by atoms with Crippen molar-refractivity contribution in [2.24, 2.45) is 0 Å². The zero-order valence-electron chi connectivity index (χ0n) is 11.4. The molecule has 0 N–H and O–H groups in total. The molecule has 0 bridgehead atoms. The van der Waals surface area contributed by atoms with Gasteiger partial charge in [0, 0.05) is 18.8 Å². The third-order valence-corrected chi connectivity index (χ3v) is 4.37. The maximum Gasteiger partial charge on any atom is 0.138 e. The molecule has 0 fully saturated rings. The fourth-order valence-electron chi connectivity index (χ4n) is 2.31. The number of alkyl halides is 1. The lowest BCUT2D eigenvalue weighted by Gasteiger charge is -2.08. The standard InChI is InChI=1S/C14H13ClFIN4/c1-9-7-18-20(8-9)2-3-21-13-4-10(16)11(17)5-12(13)19-14(21)6-15/h4-5,7-8H,2-3,6H2,1H3. The number of imidazole rings is 1. The van der Waals surface area contributed by atoms with E-state index < -0.39 is 0 Å². The highest BCUT2D eigenvalue weighted by Crippen LogP contribution is 2.22. The zero-order valence-corrected chi connectivity index (χ0v) is 14.3. The summed E-state index contributed by atoms with van der Waals surface area (Å²) in [6.07, 6.45) is 3.79. The average Bonchev–Trinajstić information content (AvgIpc) is 3.01. The lowest BCUT2D eigenvalue weighted by atomic mass is 10.3. The predicted octanol–water partition coefficient (Wildman–Crippen LogP) is 3.72. The molecule has 0 radical (unpaired) electrons. The normalized spacial score (nSPS) is 11.4. The van der Waals surface area contributed by atoms with Crippen molar-refractivity contribution in [1.29, 1.82) is 0 Å². The second kappa shape index (κ2) is 5.92. The van der Waals surface area contributed by atoms with E-state index >= 15 is 0 Å². The van der Waals surface area contributed by atoms with E-state index in [9.17, 15) is 4.39 Å². The zero-order chi connectivity index (χ0) is 15.0. The molecule has 2 heterocycles. The molecule has 0 unspecified atom stereocenters. The van der Waals surface area contributed by atoms with Crippen LogP contribution < -0.4 is 0 Å². The van der Waals surface area contributed by atoms with Crippen molar-refractivity contribution in [1.82, 2.24) is 19.3 Å². The van der Waals surface area contributed by atoms with Crippen molar-refractivity contribution in [3.05, 3.63) is 45.3 Å². The van der Waals surface area contributed by atoms with Crippen LogP contribution in [-0.4, -0.2) is 19.3 Å². The molecular weight excluding hydrogens is 406 g/mol. The maximum atomic E-state index is 13.8. The fraction of sp³-hybridized carbons (Fsp3) is 0.286. The Morgan fingerprint density at radius 3 is 2.81 bits per heavy atom. The monoisotopic (exact) mass is 418 g/mol. The Morgan fingerprint density at radius 2 is 2.14 bits per heavy atom. The molecule has 0 saturated carbocycles. The fourth-order valence-corrected chi connectivity index (χ4v) is 2.97. The van der Waals surface area contributed by atoms with Gasteiger partial charge < -0.3 is 4.57 Å². The van der Waals surface area contributed by atoms with Gasteiger partial charge in [0.1, 0.15) is 11.6 Å². The Balaban J connectivity index is 1.97. The first kappa shape index (κ1) is 14.8. The lowest BCUT2D eigenvalue weighted by Crippen LogP contribution is -2.10. The Kier molecular flexibility index (Phi) is 4.17. The highest BCUT2D eigenvalue weighted by Gasteiger charge is 2.13. The Labute approximate surface area is 140 Å². The Morgan fingerprint density at radius 1 is 1.33 bits per heavy atom. The number of fused-ring (bicyclic) bond motifs is 1. The number of hydrogen-bond acceptors (Lipinski definition) is 2. The summed E-state index contributed by atoms with van der Waals surface area (Å²) in [4.78, 5) is 4.48. The van der Waals surface area contributed by atoms with Crippen LogP contribution in [0.4, 0.5) is 4.39 Å². The summed E-state index contributed by atoms with van der Waals surface area (Å²) in [7, 11) is 0. The predicted molar refractivity (Wildman–Crippen MR) is 88.9 cm³/mol. The smallest absolute Gasteiger partial charge is 0.138 e. The van der Waals surface area contributed by atoms with Crippen LogP contribution in [0.2, 0.25) is 0 Å². The van der Waals surface area contributed by atoms with E-state index in [-0.39, 0.29) is 5.82 Å². The van der Waals surface area contributed by atoms with Gasteiger partial charge in [-0.05, 0) is 41.1 Å². The number of nitrogens with zero attached hydrogens (tertiary/aromatic N) is 4. The van der Waals surface area contributed by atoms with E-state index in [0.29, 0.717) is 22.5 Å². The molecule has 0 amide bonds. The van der Waals surface area contributed by atoms with Gasteiger partial charge in [-0.2, -0.15) is 5.10 Å². The molecule has 0 aliphatic carbocycles. The van der Waals surface area contributed by atoms with E-state index in [1.165, 1.54) is 6.07 Å². The van der Waals surface area contributed by atoms with Crippen molar-refractivity contribution < 1.29 is 4.39 Å². The number of aryl methyl sites for hydroxylation is 3. The van der Waals surface area contributed by atoms with Gasteiger partial charge in [-0.3, -0.25) is 4.68 Å². The molecule has 0 spiro atoms. The molecule has 2 aromatic heterocycles. The summed E-state index contributed by atoms with van der Waals surface area (Å²) in [5, 5.41) is 4.26. The molecule has 4 nitrogen and oxygen atoms in total. The first-order valence-electron chi connectivity index (χ1n) is 6.47. The molecule has 0 aliphatic heterocycles. The first-order valence-corrected chi connectivity index (χ1v) is 8.09. The van der Waals surface area contributed by atoms with Crippen LogP contribution in [0.25, 0.3) is 11.0 Å². The quantitative estimate of drug-likeness (QED) is 0.478. The number of rotatable bonds is 4. The summed E-state index contributed by atoms with van der Waals surface area (Å²) in [6, 6.07) is 3.27. The van der Waals surface area contributed by atoms with Crippen molar-refractivity contribution >= 4 is 45.2 Å². The molecule has 0 atom stereocenters. The van der Waals surface area contributed by atoms with E-state index in [1.807, 2.05) is 51.2 Å². The van der Waals surface area contributed by atoms with E-state index in [2.05, 4.69) is 10.1 Å². The first-order chi connectivity index (χ1) is 10.1. The third kappa shape index (κ3) is 2.91. The van der Waals surface area contributed by atoms with Crippen LogP contribution in [0.15, 0.2) is 24.5 Å². The van der Waals surface area contributed by atoms with Gasteiger partial charge in [0.2, 0.25) is 0 Å². The molecule has 0 aliphatic rings. The Bertz CT molecular complexity index is 796. The molecular formula is C14H13ClFIN4. The highest BCUT2D eigenvalue weighted by atomic mass is 127. The average molecular weight is 419 g/mol. The summed E-state index contributed by atoms with van der Waals surface area (Å²) >= 11 is 7.94. The summed E-state index contributed by atoms with van der Waals surface area (Å²) < 4.78 is 18.2. The minimum absolute atomic E-state index is 0.236. The van der Waals surface area contributed by atoms with Gasteiger partial charge in [-0.1, -0.05) is 0 Å². The van der Waals surface area contributed by atoms with Gasteiger partial charge in [-0.25, -0.2) is 9.37 Å². The molecule has 21 heavy (non-hydrogen) atoms. The molecule has 0 saturated heterocycles. The van der Waals surface area contributed by atoms with E-state index in [0.717, 1.165) is 22.4 Å². The van der Waals surface area contributed by atoms with Gasteiger partial charge >= 0.3 is 0 Å². The van der Waals surface area contributed by atoms with Crippen molar-refractivity contribution in [3.63, 3.8) is 0 Å². The van der Waals surface area contributed by atoms with Crippen LogP contribution in [-0.2, 0) is 19.0 Å². The summed E-state index contributed by atoms with van der Waals surface area (Å²) in [6.45, 7) is 3.34. The summed E-state index contributed by atoms with van der Waals surface area (Å²) in [5.41, 5.74) is 2.66. The molecule has 1 aromatic carbocycles. The van der Waals surface area contributed by atoms with Crippen LogP contribution >= 0.6 is 34.2 Å². The van der Waals surface area contributed by atoms with Crippen LogP contribution in [0.5, 0.6) is 0 Å². The Hall–Kier alpha value is -1.15. The van der Waals surface area contributed by atoms with Gasteiger partial charge in [0.25, 0.3) is 0 Å². The minimum Gasteiger partial charge on any atom is -0.325 e. The number of halogens is 3. The second-order valence-corrected chi connectivity index (χ2v) is 6.28. The van der Waals surface area contributed by atoms with Crippen molar-refractivity contribution in [3.8, 4) is 0 Å². The largest absolute Gasteiger partial charge is 0.325 e. The van der Waals surface area contributed by atoms with Crippen molar-refractivity contribution in [2.45, 2.75) is 25.9 Å². The number of benzene rings is 1.